The van der Waals surface area contributed by atoms with Crippen LogP contribution in [0.25, 0.3) is 0 Å². The largest absolute Gasteiger partial charge is 0.721 e. The molecule has 0 fully saturated rings. The molecule has 3 nitrogen and oxygen atoms in total. The topological polar surface area (TPSA) is 48.6 Å². The predicted molar refractivity (Wildman–Crippen MR) is 7.64 cm³/mol. The molecule has 0 unspecified atom stereocenters. The van der Waals surface area contributed by atoms with Gasteiger partial charge in [-0.05, 0) is 0 Å². The molecule has 0 aliphatic heterocycles. The highest BCUT2D eigenvalue weighted by Gasteiger charge is 1.56. The van der Waals surface area contributed by atoms with E-state index in [1.165, 1.54) is 0 Å². The van der Waals surface area contributed by atoms with Gasteiger partial charge in [0.2, 0.25) is 0 Å². The normalized spacial score (nSPS) is 4.00. The van der Waals surface area contributed by atoms with E-state index in [0.717, 1.165) is 6.15 Å². The summed E-state index contributed by atoms with van der Waals surface area (Å²) in [6.07, 6.45) is 0.736. The highest BCUT2D eigenvalue weighted by atomic mass is 17.1. The average Bonchev–Trinajstić information content (AvgIpc) is 1.37. The lowest BCUT2D eigenvalue weighted by Gasteiger charge is -1.27. The van der Waals surface area contributed by atoms with Gasteiger partial charge in [-0.1, -0.05) is 0 Å². The Morgan fingerprint density at radius 1 is 2.00 bits per heavy atom. The minimum Gasteiger partial charge on any atom is -0.233 e. The van der Waals surface area contributed by atoms with Crippen molar-refractivity contribution < 1.29 is 14.6 Å². The van der Waals surface area contributed by atoms with Crippen LogP contribution in [0.2, 0.25) is 0 Å². The van der Waals surface area contributed by atoms with Gasteiger partial charge in [0.15, 0.2) is 0 Å². The van der Waals surface area contributed by atoms with Crippen molar-refractivity contribution in [2.24, 2.45) is 0 Å². The van der Waals surface area contributed by atoms with Gasteiger partial charge in [0.25, 0.3) is 0 Å². The maximum atomic E-state index is 8.58. The summed E-state index contributed by atoms with van der Waals surface area (Å²) in [4.78, 5) is 8.58. The molecule has 0 aliphatic rings. The van der Waals surface area contributed by atoms with E-state index in [4.69, 9.17) is 10.1 Å². The molecule has 0 atom stereocenters. The van der Waals surface area contributed by atoms with Gasteiger partial charge in [-0.15, -0.1) is 0 Å². The van der Waals surface area contributed by atoms with Crippen LogP contribution < -0.4 is 0 Å². The fourth-order valence-corrected chi connectivity index (χ4v) is 0. The van der Waals surface area contributed by atoms with Crippen LogP contribution in [0.15, 0.2) is 0 Å². The molecule has 3 heteroatoms. The fourth-order valence-electron chi connectivity index (χ4n) is 0. The Kier molecular flexibility index (Phi) is 1.73. The van der Waals surface area contributed by atoms with Crippen LogP contribution in [-0.2, 0) is 9.37 Å². The summed E-state index contributed by atoms with van der Waals surface area (Å²) in [6, 6.07) is 0. The fraction of sp³-hybridized carbons (Fsp3) is 0. The first kappa shape index (κ1) is 3.18. The van der Waals surface area contributed by atoms with E-state index < -0.39 is 0 Å². The molecule has 0 saturated carbocycles. The summed E-state index contributed by atoms with van der Waals surface area (Å²) in [7, 11) is 0. The molecule has 0 heterocycles. The molecule has 0 radical (unpaired) electrons. The Morgan fingerprint density at radius 3 is 2.25 bits per heavy atom. The second kappa shape index (κ2) is 2.18. The van der Waals surface area contributed by atoms with Gasteiger partial charge in [0, 0.05) is 4.58 Å². The first-order valence-electron chi connectivity index (χ1n) is 0.591. The Balaban J connectivity index is 3.11. The summed E-state index contributed by atoms with van der Waals surface area (Å²) < 4.78 is 2.74. The van der Waals surface area contributed by atoms with E-state index in [0.29, 0.717) is 0 Å². The smallest absolute Gasteiger partial charge is 0.233 e. The van der Waals surface area contributed by atoms with E-state index >= 15 is 0 Å². The molecule has 22 valence electrons. The van der Waals surface area contributed by atoms with Crippen molar-refractivity contribution in [1.29, 1.82) is 0 Å². The van der Waals surface area contributed by atoms with Crippen molar-refractivity contribution >= 4 is 6.15 Å². The van der Waals surface area contributed by atoms with Crippen molar-refractivity contribution in [2.45, 2.75) is 0 Å². The third-order valence-electron chi connectivity index (χ3n) is 0.0373. The Morgan fingerprint density at radius 2 is 2.25 bits per heavy atom. The minimum atomic E-state index is 0.736. The van der Waals surface area contributed by atoms with Crippen LogP contribution in [0.1, 0.15) is 0 Å². The molecule has 0 saturated heterocycles. The second-order valence-electron chi connectivity index (χ2n) is 0.175. The van der Waals surface area contributed by atoms with Gasteiger partial charge in [-0.3, -0.25) is 0 Å². The minimum absolute atomic E-state index is 0.736. The first-order valence-corrected chi connectivity index (χ1v) is 0.591. The molecule has 1 N–H and O–H groups in total. The Bertz CT molecular complexity index is 41.2. The molecule has 4 heavy (non-hydrogen) atoms. The molecule has 0 spiro atoms. The third kappa shape index (κ3) is 1.18. The SMILES string of the molecule is O=C=[O+]O. The van der Waals surface area contributed by atoms with E-state index in [9.17, 15) is 0 Å². The lowest BCUT2D eigenvalue weighted by atomic mass is 11.8. The number of rotatable bonds is 0. The summed E-state index contributed by atoms with van der Waals surface area (Å²) in [6.45, 7) is 0. The summed E-state index contributed by atoms with van der Waals surface area (Å²) in [5, 5.41) is 6.95. The van der Waals surface area contributed by atoms with Crippen LogP contribution in [0.4, 0.5) is 0 Å². The Labute approximate surface area is 22.1 Å². The molecule has 0 aromatic rings. The Hall–Kier alpha value is -0.820. The summed E-state index contributed by atoms with van der Waals surface area (Å²) >= 11 is 0. The lowest BCUT2D eigenvalue weighted by Crippen LogP contribution is -1.53. The predicted octanol–water partition coefficient (Wildman–Crippen LogP) is -0.575. The van der Waals surface area contributed by atoms with Crippen molar-refractivity contribution in [1.82, 2.24) is 0 Å². The van der Waals surface area contributed by atoms with Crippen molar-refractivity contribution in [3.05, 3.63) is 0 Å². The van der Waals surface area contributed by atoms with Crippen LogP contribution in [0.3, 0.4) is 0 Å². The molecule has 0 amide bonds. The maximum Gasteiger partial charge on any atom is 0.721 e. The van der Waals surface area contributed by atoms with Crippen LogP contribution >= 0.6 is 0 Å². The zero-order chi connectivity index (χ0) is 3.41. The quantitative estimate of drug-likeness (QED) is 0.231. The van der Waals surface area contributed by atoms with E-state index in [-0.39, 0.29) is 0 Å². The van der Waals surface area contributed by atoms with Crippen LogP contribution in [0, 0.1) is 0 Å². The van der Waals surface area contributed by atoms with Crippen LogP contribution in [-0.4, -0.2) is 11.4 Å². The zero-order valence-corrected chi connectivity index (χ0v) is 1.76. The van der Waals surface area contributed by atoms with E-state index in [1.807, 2.05) is 0 Å². The molecular formula is CHO3+. The second-order valence-corrected chi connectivity index (χ2v) is 0.175. The molecule has 0 aromatic carbocycles. The standard InChI is InChI=1S/CHO3/c2-1-4-3/h3H/q+1. The first-order chi connectivity index (χ1) is 1.91. The zero-order valence-electron chi connectivity index (χ0n) is 1.76. The number of hydrogen-bond acceptors (Lipinski definition) is 2. The highest BCUT2D eigenvalue weighted by Crippen LogP contribution is 1.09. The highest BCUT2D eigenvalue weighted by molar-refractivity contribution is 5.20. The van der Waals surface area contributed by atoms with Crippen molar-refractivity contribution in [3.63, 3.8) is 0 Å². The third-order valence-corrected chi connectivity index (χ3v) is 0.0373. The van der Waals surface area contributed by atoms with E-state index in [2.05, 4.69) is 4.58 Å². The van der Waals surface area contributed by atoms with Gasteiger partial charge in [0.1, 0.15) is 4.79 Å². The molecule has 0 aromatic heterocycles. The van der Waals surface area contributed by atoms with Gasteiger partial charge >= 0.3 is 6.15 Å². The monoisotopic (exact) mass is 61.0 g/mol. The van der Waals surface area contributed by atoms with Gasteiger partial charge in [0.05, 0.1) is 0 Å². The van der Waals surface area contributed by atoms with Crippen molar-refractivity contribution in [2.75, 3.05) is 0 Å². The van der Waals surface area contributed by atoms with Crippen molar-refractivity contribution in [3.8, 4) is 0 Å². The average molecular weight is 61.0 g/mol. The lowest BCUT2D eigenvalue weighted by molar-refractivity contribution is -0.738. The number of carbonyl (C=O) groups excluding carboxylic acids is 2. The maximum absolute atomic E-state index is 8.58. The van der Waals surface area contributed by atoms with E-state index in [1.54, 1.807) is 0 Å². The van der Waals surface area contributed by atoms with Crippen LogP contribution in [0.5, 0.6) is 0 Å². The summed E-state index contributed by atoms with van der Waals surface area (Å²) in [5.74, 6) is 0. The van der Waals surface area contributed by atoms with Gasteiger partial charge < -0.3 is 0 Å². The molecular weight excluding hydrogens is 60.0 g/mol. The van der Waals surface area contributed by atoms with Gasteiger partial charge in [-0.25, -0.2) is 5.26 Å². The number of hydrogen-bond donors (Lipinski definition) is 1. The van der Waals surface area contributed by atoms with Gasteiger partial charge in [-0.2, -0.15) is 0 Å². The molecule has 0 bridgehead atoms. The summed E-state index contributed by atoms with van der Waals surface area (Å²) in [5.41, 5.74) is 0. The molecule has 0 aliphatic carbocycles. The molecule has 0 rings (SSSR count).